The first-order chi connectivity index (χ1) is 7.61. The van der Waals surface area contributed by atoms with Crippen molar-refractivity contribution in [1.29, 1.82) is 5.41 Å². The highest BCUT2D eigenvalue weighted by Gasteiger charge is 2.12. The van der Waals surface area contributed by atoms with E-state index in [9.17, 15) is 0 Å². The molecule has 0 saturated heterocycles. The highest BCUT2D eigenvalue weighted by atomic mass is 15.1. The topological polar surface area (TPSA) is 80.6 Å². The summed E-state index contributed by atoms with van der Waals surface area (Å²) in [5, 5.41) is 7.59. The molecular weight excluding hydrogens is 202 g/mol. The van der Waals surface area contributed by atoms with E-state index in [1.807, 2.05) is 30.7 Å². The Morgan fingerprint density at radius 1 is 1.31 bits per heavy atom. The van der Waals surface area contributed by atoms with E-state index in [0.29, 0.717) is 11.4 Å². The number of hydrogen-bond donors (Lipinski definition) is 2. The summed E-state index contributed by atoms with van der Waals surface area (Å²) in [5.74, 6) is 1.50. The average molecular weight is 215 g/mol. The zero-order chi connectivity index (χ0) is 11.7. The molecule has 0 aliphatic heterocycles. The van der Waals surface area contributed by atoms with Crippen molar-refractivity contribution in [2.45, 2.75) is 13.8 Å². The van der Waals surface area contributed by atoms with Crippen LogP contribution in [0.1, 0.15) is 17.0 Å². The molecule has 0 saturated carbocycles. The average Bonchev–Trinajstić information content (AvgIpc) is 2.63. The van der Waals surface area contributed by atoms with E-state index < -0.39 is 0 Å². The van der Waals surface area contributed by atoms with Gasteiger partial charge in [0.15, 0.2) is 0 Å². The summed E-state index contributed by atoms with van der Waals surface area (Å²) in [6.45, 7) is 3.79. The van der Waals surface area contributed by atoms with Crippen molar-refractivity contribution >= 4 is 5.84 Å². The van der Waals surface area contributed by atoms with Crippen LogP contribution in [0.3, 0.4) is 0 Å². The van der Waals surface area contributed by atoms with Crippen molar-refractivity contribution in [1.82, 2.24) is 14.5 Å². The Balaban J connectivity index is 2.70. The third kappa shape index (κ3) is 1.56. The first-order valence-electron chi connectivity index (χ1n) is 4.91. The van der Waals surface area contributed by atoms with E-state index in [1.165, 1.54) is 0 Å². The molecule has 0 spiro atoms. The first kappa shape index (κ1) is 10.4. The summed E-state index contributed by atoms with van der Waals surface area (Å²) in [5.41, 5.74) is 7.17. The third-order valence-corrected chi connectivity index (χ3v) is 2.46. The van der Waals surface area contributed by atoms with Crippen LogP contribution in [0.15, 0.2) is 24.7 Å². The quantitative estimate of drug-likeness (QED) is 0.582. The van der Waals surface area contributed by atoms with Crippen LogP contribution < -0.4 is 5.73 Å². The van der Waals surface area contributed by atoms with Crippen LogP contribution in [0.2, 0.25) is 0 Å². The Morgan fingerprint density at radius 2 is 2.06 bits per heavy atom. The molecule has 2 aromatic rings. The lowest BCUT2D eigenvalue weighted by atomic mass is 10.1. The molecule has 0 aliphatic carbocycles. The van der Waals surface area contributed by atoms with E-state index in [1.54, 1.807) is 12.4 Å². The molecule has 0 aromatic carbocycles. The Labute approximate surface area is 93.5 Å². The molecule has 0 amide bonds. The molecule has 2 heterocycles. The minimum atomic E-state index is 0.0219. The Bertz CT molecular complexity index is 541. The fourth-order valence-electron chi connectivity index (χ4n) is 1.66. The van der Waals surface area contributed by atoms with E-state index in [0.717, 1.165) is 11.4 Å². The fourth-order valence-corrected chi connectivity index (χ4v) is 1.66. The van der Waals surface area contributed by atoms with Gasteiger partial charge in [-0.2, -0.15) is 0 Å². The van der Waals surface area contributed by atoms with Crippen molar-refractivity contribution in [3.63, 3.8) is 0 Å². The smallest absolute Gasteiger partial charge is 0.149 e. The number of nitrogens with one attached hydrogen (secondary N) is 1. The van der Waals surface area contributed by atoms with Gasteiger partial charge in [0.1, 0.15) is 17.5 Å². The Hall–Kier alpha value is -2.17. The van der Waals surface area contributed by atoms with Crippen LogP contribution in [0.25, 0.3) is 5.82 Å². The minimum absolute atomic E-state index is 0.0219. The summed E-state index contributed by atoms with van der Waals surface area (Å²) >= 11 is 0. The van der Waals surface area contributed by atoms with Gasteiger partial charge in [0.2, 0.25) is 0 Å². The normalized spacial score (nSPS) is 10.4. The Kier molecular flexibility index (Phi) is 2.44. The van der Waals surface area contributed by atoms with E-state index in [2.05, 4.69) is 9.97 Å². The highest BCUT2D eigenvalue weighted by Crippen LogP contribution is 2.16. The van der Waals surface area contributed by atoms with Crippen LogP contribution in [0, 0.1) is 19.3 Å². The number of nitrogens with two attached hydrogens (primary N) is 1. The molecule has 0 atom stereocenters. The maximum Gasteiger partial charge on any atom is 0.149 e. The maximum absolute atomic E-state index is 7.59. The van der Waals surface area contributed by atoms with Gasteiger partial charge in [-0.15, -0.1) is 0 Å². The van der Waals surface area contributed by atoms with Crippen molar-refractivity contribution in [2.24, 2.45) is 5.73 Å². The standard InChI is InChI=1S/C11H13N5/c1-7-3-4-15-11(9(7)10(12)13)16-6-5-14-8(16)2/h3-6H,1-2H3,(H3,12,13). The van der Waals surface area contributed by atoms with Gasteiger partial charge < -0.3 is 5.73 Å². The molecule has 16 heavy (non-hydrogen) atoms. The number of nitrogen functional groups attached to an aromatic ring is 1. The summed E-state index contributed by atoms with van der Waals surface area (Å²) in [7, 11) is 0. The molecular formula is C11H13N5. The van der Waals surface area contributed by atoms with Crippen molar-refractivity contribution in [3.8, 4) is 5.82 Å². The lowest BCUT2D eigenvalue weighted by Gasteiger charge is -2.11. The predicted molar refractivity (Wildman–Crippen MR) is 61.8 cm³/mol. The van der Waals surface area contributed by atoms with Gasteiger partial charge in [0, 0.05) is 18.6 Å². The SMILES string of the molecule is Cc1ccnc(-n2ccnc2C)c1C(=N)N. The number of aryl methyl sites for hydroxylation is 2. The largest absolute Gasteiger partial charge is 0.384 e. The summed E-state index contributed by atoms with van der Waals surface area (Å²) in [6, 6.07) is 1.84. The highest BCUT2D eigenvalue weighted by molar-refractivity contribution is 5.99. The van der Waals surface area contributed by atoms with Crippen molar-refractivity contribution < 1.29 is 0 Å². The van der Waals surface area contributed by atoms with Gasteiger partial charge in [-0.1, -0.05) is 0 Å². The maximum atomic E-state index is 7.59. The van der Waals surface area contributed by atoms with Crippen LogP contribution >= 0.6 is 0 Å². The van der Waals surface area contributed by atoms with Crippen molar-refractivity contribution in [3.05, 3.63) is 41.6 Å². The number of nitrogens with zero attached hydrogens (tertiary/aromatic N) is 3. The van der Waals surface area contributed by atoms with E-state index in [-0.39, 0.29) is 5.84 Å². The predicted octanol–water partition coefficient (Wildman–Crippen LogP) is 1.17. The molecule has 2 aromatic heterocycles. The zero-order valence-electron chi connectivity index (χ0n) is 9.23. The molecule has 82 valence electrons. The summed E-state index contributed by atoms with van der Waals surface area (Å²) in [6.07, 6.45) is 5.21. The van der Waals surface area contributed by atoms with Gasteiger partial charge >= 0.3 is 0 Å². The second-order valence-electron chi connectivity index (χ2n) is 3.58. The first-order valence-corrected chi connectivity index (χ1v) is 4.91. The molecule has 0 bridgehead atoms. The van der Waals surface area contributed by atoms with Crippen LogP contribution in [-0.4, -0.2) is 20.4 Å². The molecule has 2 rings (SSSR count). The van der Waals surface area contributed by atoms with Gasteiger partial charge in [-0.25, -0.2) is 9.97 Å². The number of hydrogen-bond acceptors (Lipinski definition) is 3. The number of rotatable bonds is 2. The van der Waals surface area contributed by atoms with Gasteiger partial charge in [0.25, 0.3) is 0 Å². The number of pyridine rings is 1. The number of amidine groups is 1. The lowest BCUT2D eigenvalue weighted by molar-refractivity contribution is 0.925. The molecule has 3 N–H and O–H groups in total. The molecule has 0 unspecified atom stereocenters. The monoisotopic (exact) mass is 215 g/mol. The van der Waals surface area contributed by atoms with Gasteiger partial charge in [-0.3, -0.25) is 9.98 Å². The molecule has 0 radical (unpaired) electrons. The number of aromatic nitrogens is 3. The van der Waals surface area contributed by atoms with Crippen LogP contribution in [0.4, 0.5) is 0 Å². The second kappa shape index (κ2) is 3.77. The van der Waals surface area contributed by atoms with Crippen LogP contribution in [-0.2, 0) is 0 Å². The molecule has 5 heteroatoms. The number of imidazole rings is 1. The summed E-state index contributed by atoms with van der Waals surface area (Å²) in [4.78, 5) is 8.40. The zero-order valence-corrected chi connectivity index (χ0v) is 9.23. The molecule has 0 fully saturated rings. The van der Waals surface area contributed by atoms with Gasteiger partial charge in [0.05, 0.1) is 5.56 Å². The molecule has 0 aliphatic rings. The van der Waals surface area contributed by atoms with E-state index >= 15 is 0 Å². The van der Waals surface area contributed by atoms with Gasteiger partial charge in [-0.05, 0) is 25.5 Å². The molecule has 5 nitrogen and oxygen atoms in total. The fraction of sp³-hybridized carbons (Fsp3) is 0.182. The minimum Gasteiger partial charge on any atom is -0.384 e. The van der Waals surface area contributed by atoms with Crippen molar-refractivity contribution in [2.75, 3.05) is 0 Å². The van der Waals surface area contributed by atoms with E-state index in [4.69, 9.17) is 11.1 Å². The summed E-state index contributed by atoms with van der Waals surface area (Å²) < 4.78 is 1.82. The third-order valence-electron chi connectivity index (χ3n) is 2.46. The Morgan fingerprint density at radius 3 is 2.62 bits per heavy atom. The lowest BCUT2D eigenvalue weighted by Crippen LogP contribution is -2.17. The second-order valence-corrected chi connectivity index (χ2v) is 3.58. The van der Waals surface area contributed by atoms with Crippen LogP contribution in [0.5, 0.6) is 0 Å².